The predicted molar refractivity (Wildman–Crippen MR) is 82.1 cm³/mol. The van der Waals surface area contributed by atoms with Gasteiger partial charge in [0.25, 0.3) is 0 Å². The van der Waals surface area contributed by atoms with Crippen molar-refractivity contribution < 1.29 is 19.1 Å². The van der Waals surface area contributed by atoms with Crippen molar-refractivity contribution in [2.24, 2.45) is 5.92 Å². The van der Waals surface area contributed by atoms with Crippen LogP contribution in [0.25, 0.3) is 0 Å². The van der Waals surface area contributed by atoms with E-state index >= 15 is 0 Å². The molecule has 0 aromatic heterocycles. The highest BCUT2D eigenvalue weighted by Crippen LogP contribution is 2.08. The van der Waals surface area contributed by atoms with Crippen molar-refractivity contribution in [2.45, 2.75) is 59.1 Å². The van der Waals surface area contributed by atoms with E-state index in [1.54, 1.807) is 27.9 Å². The second-order valence-electron chi connectivity index (χ2n) is 6.36. The third-order valence-corrected chi connectivity index (χ3v) is 2.70. The van der Waals surface area contributed by atoms with Gasteiger partial charge in [-0.1, -0.05) is 13.8 Å². The molecule has 0 fully saturated rings. The minimum Gasteiger partial charge on any atom is -0.444 e. The van der Waals surface area contributed by atoms with E-state index in [1.807, 2.05) is 13.8 Å². The molecule has 0 saturated heterocycles. The first-order valence-corrected chi connectivity index (χ1v) is 7.43. The fraction of sp³-hybridized carbons (Fsp3) is 0.867. The average molecular weight is 302 g/mol. The third kappa shape index (κ3) is 10.1. The highest BCUT2D eigenvalue weighted by Gasteiger charge is 2.26. The second kappa shape index (κ2) is 9.60. The first-order chi connectivity index (χ1) is 9.67. The maximum Gasteiger partial charge on any atom is 0.408 e. The van der Waals surface area contributed by atoms with Gasteiger partial charge in [-0.2, -0.15) is 0 Å². The molecule has 2 N–H and O–H groups in total. The van der Waals surface area contributed by atoms with Crippen LogP contribution in [0.3, 0.4) is 0 Å². The van der Waals surface area contributed by atoms with E-state index in [9.17, 15) is 9.59 Å². The van der Waals surface area contributed by atoms with Crippen LogP contribution in [0.5, 0.6) is 0 Å². The topological polar surface area (TPSA) is 76.7 Å². The number of carbonyl (C=O) groups excluding carboxylic acids is 2. The number of nitrogens with one attached hydrogen (secondary N) is 2. The lowest BCUT2D eigenvalue weighted by molar-refractivity contribution is -0.124. The Morgan fingerprint density at radius 1 is 1.14 bits per heavy atom. The molecule has 0 saturated carbocycles. The number of unbranched alkanes of at least 4 members (excludes halogenated alkanes) is 1. The fourth-order valence-corrected chi connectivity index (χ4v) is 1.66. The van der Waals surface area contributed by atoms with Crippen LogP contribution in [0.15, 0.2) is 0 Å². The molecule has 0 rings (SSSR count). The van der Waals surface area contributed by atoms with Crippen LogP contribution in [-0.4, -0.2) is 43.9 Å². The predicted octanol–water partition coefficient (Wildman–Crippen LogP) is 2.08. The van der Waals surface area contributed by atoms with E-state index in [0.29, 0.717) is 13.2 Å². The summed E-state index contributed by atoms with van der Waals surface area (Å²) < 4.78 is 10.1. The Morgan fingerprint density at radius 3 is 2.24 bits per heavy atom. The highest BCUT2D eigenvalue weighted by molar-refractivity contribution is 5.85. The molecular formula is C15H30N2O4. The average Bonchev–Trinajstić information content (AvgIpc) is 2.33. The van der Waals surface area contributed by atoms with Gasteiger partial charge in [-0.25, -0.2) is 4.79 Å². The summed E-state index contributed by atoms with van der Waals surface area (Å²) in [5.41, 5.74) is -0.581. The van der Waals surface area contributed by atoms with Gasteiger partial charge in [0.2, 0.25) is 5.91 Å². The summed E-state index contributed by atoms with van der Waals surface area (Å²) >= 11 is 0. The van der Waals surface area contributed by atoms with Gasteiger partial charge < -0.3 is 20.1 Å². The van der Waals surface area contributed by atoms with Gasteiger partial charge in [0.1, 0.15) is 11.6 Å². The van der Waals surface area contributed by atoms with Gasteiger partial charge in [-0.05, 0) is 39.5 Å². The number of amides is 2. The number of rotatable bonds is 8. The molecule has 21 heavy (non-hydrogen) atoms. The van der Waals surface area contributed by atoms with E-state index < -0.39 is 17.7 Å². The maximum atomic E-state index is 12.1. The van der Waals surface area contributed by atoms with Crippen LogP contribution in [0.1, 0.15) is 47.5 Å². The number of methoxy groups -OCH3 is 1. The molecule has 0 aliphatic carbocycles. The van der Waals surface area contributed by atoms with E-state index in [2.05, 4.69) is 10.6 Å². The molecule has 6 heteroatoms. The molecule has 2 amide bonds. The van der Waals surface area contributed by atoms with E-state index in [4.69, 9.17) is 9.47 Å². The van der Waals surface area contributed by atoms with Crippen LogP contribution in [0, 0.1) is 5.92 Å². The molecule has 0 aliphatic rings. The smallest absolute Gasteiger partial charge is 0.408 e. The Hall–Kier alpha value is -1.30. The Kier molecular flexibility index (Phi) is 9.01. The van der Waals surface area contributed by atoms with Crippen LogP contribution < -0.4 is 10.6 Å². The van der Waals surface area contributed by atoms with Crippen molar-refractivity contribution >= 4 is 12.0 Å². The largest absolute Gasteiger partial charge is 0.444 e. The van der Waals surface area contributed by atoms with Crippen molar-refractivity contribution in [1.82, 2.24) is 10.6 Å². The summed E-state index contributed by atoms with van der Waals surface area (Å²) in [6.45, 7) is 10.4. The van der Waals surface area contributed by atoms with E-state index in [0.717, 1.165) is 12.8 Å². The summed E-state index contributed by atoms with van der Waals surface area (Å²) in [4.78, 5) is 23.9. The zero-order chi connectivity index (χ0) is 16.5. The lowest BCUT2D eigenvalue weighted by atomic mass is 10.0. The van der Waals surface area contributed by atoms with Gasteiger partial charge in [-0.3, -0.25) is 4.79 Å². The standard InChI is InChI=1S/C15H30N2O4/c1-11(2)12(17-14(19)21-15(3,4)5)13(18)16-9-7-8-10-20-6/h11-12H,7-10H2,1-6H3,(H,16,18)(H,17,19). The number of ether oxygens (including phenoxy) is 2. The lowest BCUT2D eigenvalue weighted by Gasteiger charge is -2.25. The molecule has 0 bridgehead atoms. The Labute approximate surface area is 127 Å². The summed E-state index contributed by atoms with van der Waals surface area (Å²) in [5.74, 6) is -0.204. The normalized spacial score (nSPS) is 12.9. The number of carbonyl (C=O) groups is 2. The summed E-state index contributed by atoms with van der Waals surface area (Å²) in [5, 5.41) is 5.45. The molecule has 1 unspecified atom stereocenters. The van der Waals surface area contributed by atoms with Crippen molar-refractivity contribution in [2.75, 3.05) is 20.3 Å². The Balaban J connectivity index is 4.28. The number of hydrogen-bond donors (Lipinski definition) is 2. The van der Waals surface area contributed by atoms with Crippen LogP contribution in [-0.2, 0) is 14.3 Å². The fourth-order valence-electron chi connectivity index (χ4n) is 1.66. The lowest BCUT2D eigenvalue weighted by Crippen LogP contribution is -2.51. The minimum atomic E-state index is -0.595. The van der Waals surface area contributed by atoms with Crippen molar-refractivity contribution in [3.63, 3.8) is 0 Å². The Bertz CT molecular complexity index is 324. The van der Waals surface area contributed by atoms with Crippen LogP contribution in [0.2, 0.25) is 0 Å². The minimum absolute atomic E-state index is 0.0171. The quantitative estimate of drug-likeness (QED) is 0.673. The van der Waals surface area contributed by atoms with Crippen molar-refractivity contribution in [1.29, 1.82) is 0 Å². The highest BCUT2D eigenvalue weighted by atomic mass is 16.6. The molecule has 124 valence electrons. The van der Waals surface area contributed by atoms with Gasteiger partial charge in [0, 0.05) is 20.3 Å². The number of hydrogen-bond acceptors (Lipinski definition) is 4. The zero-order valence-electron chi connectivity index (χ0n) is 14.1. The summed E-state index contributed by atoms with van der Waals surface area (Å²) in [6.07, 6.45) is 1.16. The third-order valence-electron chi connectivity index (χ3n) is 2.70. The summed E-state index contributed by atoms with van der Waals surface area (Å²) in [7, 11) is 1.65. The molecule has 0 aromatic rings. The molecular weight excluding hydrogens is 272 g/mol. The van der Waals surface area contributed by atoms with Crippen molar-refractivity contribution in [3.05, 3.63) is 0 Å². The molecule has 0 aliphatic heterocycles. The first kappa shape index (κ1) is 19.7. The molecule has 6 nitrogen and oxygen atoms in total. The van der Waals surface area contributed by atoms with Gasteiger partial charge in [0.05, 0.1) is 0 Å². The molecule has 0 spiro atoms. The monoisotopic (exact) mass is 302 g/mol. The maximum absolute atomic E-state index is 12.1. The molecule has 1 atom stereocenters. The first-order valence-electron chi connectivity index (χ1n) is 7.43. The van der Waals surface area contributed by atoms with Crippen molar-refractivity contribution in [3.8, 4) is 0 Å². The van der Waals surface area contributed by atoms with E-state index in [-0.39, 0.29) is 11.8 Å². The van der Waals surface area contributed by atoms with Crippen LogP contribution >= 0.6 is 0 Å². The van der Waals surface area contributed by atoms with Gasteiger partial charge in [0.15, 0.2) is 0 Å². The van der Waals surface area contributed by atoms with Gasteiger partial charge in [-0.15, -0.1) is 0 Å². The van der Waals surface area contributed by atoms with Crippen LogP contribution in [0.4, 0.5) is 4.79 Å². The second-order valence-corrected chi connectivity index (χ2v) is 6.36. The van der Waals surface area contributed by atoms with E-state index in [1.165, 1.54) is 0 Å². The SMILES string of the molecule is COCCCCNC(=O)C(NC(=O)OC(C)(C)C)C(C)C. The molecule has 0 heterocycles. The summed E-state index contributed by atoms with van der Waals surface area (Å²) in [6, 6.07) is -0.595. The molecule has 0 aromatic carbocycles. The molecule has 0 radical (unpaired) electrons. The van der Waals surface area contributed by atoms with Gasteiger partial charge >= 0.3 is 6.09 Å². The zero-order valence-corrected chi connectivity index (χ0v) is 14.1. The number of alkyl carbamates (subject to hydrolysis) is 1. The Morgan fingerprint density at radius 2 is 1.76 bits per heavy atom.